The standard InChI is InChI=1S/C19H21F3N2O2/c1-10-23-13-9-12-11(7-14(13)26-10)8-15-17(2,3)18(12,4)5-6-24(15)16(25)19(20,21)22/h7,9,15H,5-6,8H2,1-4H3/t15-,18-/m0/s1. The molecular formula is C19H21F3N2O2. The van der Waals surface area contributed by atoms with Gasteiger partial charge in [-0.25, -0.2) is 4.98 Å². The van der Waals surface area contributed by atoms with E-state index in [-0.39, 0.29) is 12.0 Å². The molecular weight excluding hydrogens is 345 g/mol. The summed E-state index contributed by atoms with van der Waals surface area (Å²) >= 11 is 0. The summed E-state index contributed by atoms with van der Waals surface area (Å²) in [5, 5.41) is 0. The normalized spacial score (nSPS) is 27.5. The van der Waals surface area contributed by atoms with Crippen LogP contribution in [-0.2, 0) is 16.6 Å². The maximum Gasteiger partial charge on any atom is 0.471 e. The highest BCUT2D eigenvalue weighted by Gasteiger charge is 2.59. The zero-order chi connectivity index (χ0) is 19.1. The summed E-state index contributed by atoms with van der Waals surface area (Å²) in [6, 6.07) is 3.39. The summed E-state index contributed by atoms with van der Waals surface area (Å²) in [6.07, 6.45) is -3.99. The molecule has 2 bridgehead atoms. The second-order valence-corrected chi connectivity index (χ2v) is 8.23. The number of piperidine rings is 1. The molecule has 1 amide bonds. The zero-order valence-corrected chi connectivity index (χ0v) is 15.2. The summed E-state index contributed by atoms with van der Waals surface area (Å²) in [5.41, 5.74) is 2.63. The molecule has 4 rings (SSSR count). The van der Waals surface area contributed by atoms with Gasteiger partial charge in [-0.05, 0) is 41.5 Å². The van der Waals surface area contributed by atoms with Crippen LogP contribution in [0, 0.1) is 12.3 Å². The monoisotopic (exact) mass is 366 g/mol. The van der Waals surface area contributed by atoms with Gasteiger partial charge in [-0.3, -0.25) is 4.79 Å². The predicted molar refractivity (Wildman–Crippen MR) is 89.8 cm³/mol. The van der Waals surface area contributed by atoms with Crippen molar-refractivity contribution >= 4 is 17.0 Å². The topological polar surface area (TPSA) is 46.3 Å². The number of hydrogen-bond donors (Lipinski definition) is 0. The van der Waals surface area contributed by atoms with Gasteiger partial charge in [0, 0.05) is 24.9 Å². The lowest BCUT2D eigenvalue weighted by Crippen LogP contribution is -2.66. The third kappa shape index (κ3) is 2.15. The van der Waals surface area contributed by atoms with Crippen LogP contribution in [0.1, 0.15) is 44.2 Å². The zero-order valence-electron chi connectivity index (χ0n) is 15.2. The van der Waals surface area contributed by atoms with Crippen molar-refractivity contribution in [1.29, 1.82) is 0 Å². The molecule has 1 aromatic carbocycles. The summed E-state index contributed by atoms with van der Waals surface area (Å²) < 4.78 is 44.9. The van der Waals surface area contributed by atoms with Crippen LogP contribution in [0.25, 0.3) is 11.1 Å². The number of likely N-dealkylation sites (tertiary alicyclic amines) is 1. The number of nitrogens with zero attached hydrogens (tertiary/aromatic N) is 2. The van der Waals surface area contributed by atoms with E-state index in [2.05, 4.69) is 11.9 Å². The SMILES string of the molecule is Cc1nc2cc3c(cc2o1)C[C@@H]1N(C(=O)C(F)(F)F)CC[C@]3(C)C1(C)C. The highest BCUT2D eigenvalue weighted by atomic mass is 19.4. The van der Waals surface area contributed by atoms with Gasteiger partial charge in [0.15, 0.2) is 11.5 Å². The molecule has 1 aliphatic heterocycles. The lowest BCUT2D eigenvalue weighted by Gasteiger charge is -2.60. The number of carbonyl (C=O) groups excluding carboxylic acids is 1. The van der Waals surface area contributed by atoms with Gasteiger partial charge in [-0.2, -0.15) is 13.2 Å². The van der Waals surface area contributed by atoms with E-state index in [0.29, 0.717) is 24.3 Å². The number of rotatable bonds is 0. The van der Waals surface area contributed by atoms with E-state index in [4.69, 9.17) is 4.42 Å². The Morgan fingerprint density at radius 3 is 2.65 bits per heavy atom. The lowest BCUT2D eigenvalue weighted by atomic mass is 9.51. The van der Waals surface area contributed by atoms with E-state index in [1.54, 1.807) is 6.92 Å². The molecule has 2 aliphatic rings. The number of fused-ring (bicyclic) bond motifs is 5. The van der Waals surface area contributed by atoms with Crippen LogP contribution in [0.15, 0.2) is 16.5 Å². The first-order chi connectivity index (χ1) is 11.9. The molecule has 1 fully saturated rings. The number of carbonyl (C=O) groups is 1. The number of aromatic nitrogens is 1. The average molecular weight is 366 g/mol. The Morgan fingerprint density at radius 2 is 2.00 bits per heavy atom. The molecule has 2 heterocycles. The quantitative estimate of drug-likeness (QED) is 0.704. The second-order valence-electron chi connectivity index (χ2n) is 8.23. The fourth-order valence-electron chi connectivity index (χ4n) is 4.85. The molecule has 140 valence electrons. The number of benzene rings is 1. The minimum absolute atomic E-state index is 0.109. The van der Waals surface area contributed by atoms with E-state index in [0.717, 1.165) is 21.5 Å². The second kappa shape index (κ2) is 5.02. The first kappa shape index (κ1) is 17.4. The van der Waals surface area contributed by atoms with Crippen LogP contribution in [0.3, 0.4) is 0 Å². The fourth-order valence-corrected chi connectivity index (χ4v) is 4.85. The van der Waals surface area contributed by atoms with Crippen molar-refractivity contribution in [1.82, 2.24) is 9.88 Å². The van der Waals surface area contributed by atoms with E-state index < -0.39 is 23.5 Å². The Labute approximate surface area is 149 Å². The highest BCUT2D eigenvalue weighted by Crippen LogP contribution is 2.56. The molecule has 26 heavy (non-hydrogen) atoms. The molecule has 0 N–H and O–H groups in total. The van der Waals surface area contributed by atoms with Crippen LogP contribution in [0.5, 0.6) is 0 Å². The van der Waals surface area contributed by atoms with Crippen LogP contribution in [0.4, 0.5) is 13.2 Å². The maximum absolute atomic E-state index is 13.1. The van der Waals surface area contributed by atoms with E-state index in [9.17, 15) is 18.0 Å². The number of hydrogen-bond acceptors (Lipinski definition) is 3. The van der Waals surface area contributed by atoms with Crippen molar-refractivity contribution in [2.24, 2.45) is 5.41 Å². The van der Waals surface area contributed by atoms with Crippen LogP contribution in [0.2, 0.25) is 0 Å². The minimum Gasteiger partial charge on any atom is -0.441 e. The lowest BCUT2D eigenvalue weighted by molar-refractivity contribution is -0.195. The van der Waals surface area contributed by atoms with Gasteiger partial charge in [-0.1, -0.05) is 20.8 Å². The number of amides is 1. The van der Waals surface area contributed by atoms with Gasteiger partial charge >= 0.3 is 12.1 Å². The molecule has 1 aliphatic carbocycles. The van der Waals surface area contributed by atoms with Crippen LogP contribution >= 0.6 is 0 Å². The highest BCUT2D eigenvalue weighted by molar-refractivity contribution is 5.83. The van der Waals surface area contributed by atoms with Gasteiger partial charge in [0.05, 0.1) is 0 Å². The maximum atomic E-state index is 13.1. The first-order valence-corrected chi connectivity index (χ1v) is 8.73. The van der Waals surface area contributed by atoms with Crippen LogP contribution < -0.4 is 0 Å². The Balaban J connectivity index is 1.87. The number of halogens is 3. The first-order valence-electron chi connectivity index (χ1n) is 8.73. The van der Waals surface area contributed by atoms with E-state index >= 15 is 0 Å². The van der Waals surface area contributed by atoms with E-state index in [1.807, 2.05) is 26.0 Å². The van der Waals surface area contributed by atoms with Crippen molar-refractivity contribution in [3.63, 3.8) is 0 Å². The molecule has 0 spiro atoms. The fraction of sp³-hybridized carbons (Fsp3) is 0.579. The smallest absolute Gasteiger partial charge is 0.441 e. The summed E-state index contributed by atoms with van der Waals surface area (Å²) in [5.74, 6) is -1.18. The Bertz CT molecular complexity index is 915. The molecule has 0 saturated carbocycles. The van der Waals surface area contributed by atoms with Crippen LogP contribution in [-0.4, -0.2) is 34.6 Å². The Kier molecular flexibility index (Phi) is 3.35. The van der Waals surface area contributed by atoms with Gasteiger partial charge in [0.1, 0.15) is 5.52 Å². The molecule has 1 saturated heterocycles. The van der Waals surface area contributed by atoms with Crippen molar-refractivity contribution in [3.05, 3.63) is 29.2 Å². The molecule has 7 heteroatoms. The third-order valence-corrected chi connectivity index (χ3v) is 6.72. The molecule has 1 aromatic heterocycles. The van der Waals surface area contributed by atoms with Gasteiger partial charge < -0.3 is 9.32 Å². The number of alkyl halides is 3. The van der Waals surface area contributed by atoms with E-state index in [1.165, 1.54) is 0 Å². The minimum atomic E-state index is -4.85. The molecule has 0 unspecified atom stereocenters. The van der Waals surface area contributed by atoms with Crippen molar-refractivity contribution in [2.45, 2.75) is 58.2 Å². The molecule has 0 radical (unpaired) electrons. The average Bonchev–Trinajstić information content (AvgIpc) is 2.87. The molecule has 4 nitrogen and oxygen atoms in total. The Hall–Kier alpha value is -2.05. The number of aryl methyl sites for hydroxylation is 1. The van der Waals surface area contributed by atoms with Crippen molar-refractivity contribution in [2.75, 3.05) is 6.54 Å². The van der Waals surface area contributed by atoms with Crippen molar-refractivity contribution < 1.29 is 22.4 Å². The summed E-state index contributed by atoms with van der Waals surface area (Å²) in [7, 11) is 0. The molecule has 2 atom stereocenters. The predicted octanol–water partition coefficient (Wildman–Crippen LogP) is 4.14. The van der Waals surface area contributed by atoms with Gasteiger partial charge in [-0.15, -0.1) is 0 Å². The van der Waals surface area contributed by atoms with Crippen molar-refractivity contribution in [3.8, 4) is 0 Å². The van der Waals surface area contributed by atoms with Gasteiger partial charge in [0.2, 0.25) is 0 Å². The third-order valence-electron chi connectivity index (χ3n) is 6.72. The largest absolute Gasteiger partial charge is 0.471 e. The number of oxazole rings is 1. The Morgan fingerprint density at radius 1 is 1.31 bits per heavy atom. The molecule has 2 aromatic rings. The summed E-state index contributed by atoms with van der Waals surface area (Å²) in [4.78, 5) is 17.4. The summed E-state index contributed by atoms with van der Waals surface area (Å²) in [6.45, 7) is 7.90. The van der Waals surface area contributed by atoms with Gasteiger partial charge in [0.25, 0.3) is 0 Å².